The van der Waals surface area contributed by atoms with Crippen molar-refractivity contribution in [2.75, 3.05) is 0 Å². The maximum atomic E-state index is 14.9. The van der Waals surface area contributed by atoms with E-state index < -0.39 is 11.8 Å². The summed E-state index contributed by atoms with van der Waals surface area (Å²) >= 11 is 0. The summed E-state index contributed by atoms with van der Waals surface area (Å²) in [5.74, 6) is -1.23. The zero-order valence-electron chi connectivity index (χ0n) is 13.5. The summed E-state index contributed by atoms with van der Waals surface area (Å²) in [6.07, 6.45) is 1.79. The molecule has 1 saturated carbocycles. The third kappa shape index (κ3) is 3.48. The summed E-state index contributed by atoms with van der Waals surface area (Å²) in [7, 11) is 0. The normalized spacial score (nSPS) is 14.9. The number of rotatable bonds is 6. The van der Waals surface area contributed by atoms with Crippen LogP contribution in [-0.4, -0.2) is 11.1 Å². The second-order valence-corrected chi connectivity index (χ2v) is 6.01. The van der Waals surface area contributed by atoms with E-state index >= 15 is 0 Å². The number of carboxylic acid groups (broad SMARTS) is 1. The van der Waals surface area contributed by atoms with Crippen LogP contribution in [0.3, 0.4) is 0 Å². The van der Waals surface area contributed by atoms with Crippen LogP contribution in [0.1, 0.15) is 30.9 Å². The molecule has 0 spiro atoms. The van der Waals surface area contributed by atoms with Gasteiger partial charge in [0.05, 0.1) is 0 Å². The van der Waals surface area contributed by atoms with Gasteiger partial charge in [0.15, 0.2) is 11.6 Å². The molecule has 0 heterocycles. The molecule has 0 radical (unpaired) electrons. The molecule has 0 amide bonds. The lowest BCUT2D eigenvalue weighted by molar-refractivity contribution is -0.132. The molecule has 0 aromatic heterocycles. The fraction of sp³-hybridized carbons (Fsp3) is 0.250. The van der Waals surface area contributed by atoms with Gasteiger partial charge < -0.3 is 9.84 Å². The standard InChI is InChI=1S/C20H19FO3/c1-13(20(22)23)18(15-10-11-15)16-8-5-9-17(19(16)21)24-12-14-6-3-2-4-7-14/h2-9,15H,10-12H2,1H3,(H,22,23)/b18-13-. The third-order valence-electron chi connectivity index (χ3n) is 4.20. The van der Waals surface area contributed by atoms with Crippen molar-refractivity contribution in [3.05, 3.63) is 71.0 Å². The average Bonchev–Trinajstić information content (AvgIpc) is 3.41. The second-order valence-electron chi connectivity index (χ2n) is 6.01. The maximum Gasteiger partial charge on any atom is 0.331 e. The first-order valence-electron chi connectivity index (χ1n) is 7.97. The number of benzene rings is 2. The van der Waals surface area contributed by atoms with Crippen LogP contribution in [-0.2, 0) is 11.4 Å². The molecule has 124 valence electrons. The first-order valence-corrected chi connectivity index (χ1v) is 7.97. The van der Waals surface area contributed by atoms with Crippen LogP contribution >= 0.6 is 0 Å². The zero-order valence-corrected chi connectivity index (χ0v) is 13.5. The van der Waals surface area contributed by atoms with E-state index in [1.54, 1.807) is 18.2 Å². The Balaban J connectivity index is 1.90. The van der Waals surface area contributed by atoms with Crippen molar-refractivity contribution in [3.63, 3.8) is 0 Å². The molecule has 0 atom stereocenters. The first kappa shape index (κ1) is 16.2. The van der Waals surface area contributed by atoms with Gasteiger partial charge in [0.25, 0.3) is 0 Å². The van der Waals surface area contributed by atoms with Gasteiger partial charge >= 0.3 is 5.97 Å². The summed E-state index contributed by atoms with van der Waals surface area (Å²) in [6, 6.07) is 14.4. The average molecular weight is 326 g/mol. The molecule has 0 unspecified atom stereocenters. The monoisotopic (exact) mass is 326 g/mol. The molecule has 24 heavy (non-hydrogen) atoms. The van der Waals surface area contributed by atoms with Crippen LogP contribution in [0.15, 0.2) is 54.1 Å². The minimum absolute atomic E-state index is 0.125. The predicted molar refractivity (Wildman–Crippen MR) is 90.1 cm³/mol. The fourth-order valence-electron chi connectivity index (χ4n) is 2.78. The first-order chi connectivity index (χ1) is 11.6. The molecular formula is C20H19FO3. The highest BCUT2D eigenvalue weighted by molar-refractivity contribution is 5.96. The van der Waals surface area contributed by atoms with E-state index in [1.807, 2.05) is 30.3 Å². The highest BCUT2D eigenvalue weighted by Crippen LogP contribution is 2.45. The van der Waals surface area contributed by atoms with Crippen molar-refractivity contribution in [2.45, 2.75) is 26.4 Å². The number of carbonyl (C=O) groups is 1. The summed E-state index contributed by atoms with van der Waals surface area (Å²) in [5.41, 5.74) is 2.08. The Morgan fingerprint density at radius 3 is 2.50 bits per heavy atom. The molecule has 0 aliphatic heterocycles. The molecule has 2 aromatic rings. The van der Waals surface area contributed by atoms with Crippen LogP contribution in [0.2, 0.25) is 0 Å². The Bertz CT molecular complexity index is 777. The number of hydrogen-bond donors (Lipinski definition) is 1. The summed E-state index contributed by atoms with van der Waals surface area (Å²) in [4.78, 5) is 11.3. The molecule has 1 aliphatic carbocycles. The third-order valence-corrected chi connectivity index (χ3v) is 4.20. The molecule has 4 heteroatoms. The van der Waals surface area contributed by atoms with Crippen LogP contribution in [0.4, 0.5) is 4.39 Å². The van der Waals surface area contributed by atoms with Crippen molar-refractivity contribution in [3.8, 4) is 5.75 Å². The van der Waals surface area contributed by atoms with Gasteiger partial charge in [-0.3, -0.25) is 0 Å². The Kier molecular flexibility index (Phi) is 4.65. The van der Waals surface area contributed by atoms with Crippen molar-refractivity contribution < 1.29 is 19.0 Å². The Morgan fingerprint density at radius 1 is 1.17 bits per heavy atom. The summed E-state index contributed by atoms with van der Waals surface area (Å²) in [6.45, 7) is 1.80. The van der Waals surface area contributed by atoms with Gasteiger partial charge in [-0.1, -0.05) is 42.5 Å². The van der Waals surface area contributed by atoms with Crippen LogP contribution in [0, 0.1) is 11.7 Å². The van der Waals surface area contributed by atoms with Crippen molar-refractivity contribution in [1.29, 1.82) is 0 Å². The van der Waals surface area contributed by atoms with E-state index in [2.05, 4.69) is 0 Å². The Hall–Kier alpha value is -2.62. The number of halogens is 1. The molecule has 0 saturated heterocycles. The predicted octanol–water partition coefficient (Wildman–Crippen LogP) is 4.67. The number of aliphatic carboxylic acids is 1. The summed E-state index contributed by atoms with van der Waals surface area (Å²) in [5, 5.41) is 9.29. The van der Waals surface area contributed by atoms with Gasteiger partial charge in [0.1, 0.15) is 6.61 Å². The molecule has 1 fully saturated rings. The van der Waals surface area contributed by atoms with Gasteiger partial charge in [0.2, 0.25) is 0 Å². The lowest BCUT2D eigenvalue weighted by Crippen LogP contribution is -2.05. The van der Waals surface area contributed by atoms with Gasteiger partial charge in [-0.2, -0.15) is 0 Å². The largest absolute Gasteiger partial charge is 0.486 e. The molecule has 3 rings (SSSR count). The van der Waals surface area contributed by atoms with Gasteiger partial charge in [-0.05, 0) is 42.9 Å². The smallest absolute Gasteiger partial charge is 0.331 e. The minimum atomic E-state index is -1.01. The summed E-state index contributed by atoms with van der Waals surface area (Å²) < 4.78 is 20.5. The Morgan fingerprint density at radius 2 is 1.88 bits per heavy atom. The van der Waals surface area contributed by atoms with Crippen molar-refractivity contribution in [2.24, 2.45) is 5.92 Å². The van der Waals surface area contributed by atoms with Crippen molar-refractivity contribution in [1.82, 2.24) is 0 Å². The SMILES string of the molecule is C/C(C(=O)O)=C(/c1cccc(OCc2ccccc2)c1F)C1CC1. The van der Waals surface area contributed by atoms with E-state index in [4.69, 9.17) is 4.74 Å². The Labute approximate surface area is 140 Å². The maximum absolute atomic E-state index is 14.9. The van der Waals surface area contributed by atoms with Crippen LogP contribution in [0.25, 0.3) is 5.57 Å². The number of ether oxygens (including phenoxy) is 1. The van der Waals surface area contributed by atoms with Crippen molar-refractivity contribution >= 4 is 11.5 Å². The molecule has 2 aromatic carbocycles. The van der Waals surface area contributed by atoms with E-state index in [1.165, 1.54) is 6.92 Å². The van der Waals surface area contributed by atoms with Gasteiger partial charge in [0, 0.05) is 11.1 Å². The molecule has 0 bridgehead atoms. The van der Waals surface area contributed by atoms with Crippen LogP contribution in [0.5, 0.6) is 5.75 Å². The van der Waals surface area contributed by atoms with E-state index in [-0.39, 0.29) is 23.8 Å². The van der Waals surface area contributed by atoms with E-state index in [9.17, 15) is 14.3 Å². The minimum Gasteiger partial charge on any atom is -0.486 e. The van der Waals surface area contributed by atoms with E-state index in [0.717, 1.165) is 18.4 Å². The van der Waals surface area contributed by atoms with Crippen LogP contribution < -0.4 is 4.74 Å². The quantitative estimate of drug-likeness (QED) is 0.785. The highest BCUT2D eigenvalue weighted by atomic mass is 19.1. The molecular weight excluding hydrogens is 307 g/mol. The fourth-order valence-corrected chi connectivity index (χ4v) is 2.78. The topological polar surface area (TPSA) is 46.5 Å². The lowest BCUT2D eigenvalue weighted by atomic mass is 9.95. The second kappa shape index (κ2) is 6.87. The van der Waals surface area contributed by atoms with E-state index in [0.29, 0.717) is 11.1 Å². The van der Waals surface area contributed by atoms with Gasteiger partial charge in [-0.15, -0.1) is 0 Å². The number of carboxylic acids is 1. The molecule has 3 nitrogen and oxygen atoms in total. The van der Waals surface area contributed by atoms with Gasteiger partial charge in [-0.25, -0.2) is 9.18 Å². The molecule has 1 N–H and O–H groups in total. The lowest BCUT2D eigenvalue weighted by Gasteiger charge is -2.14. The molecule has 1 aliphatic rings. The highest BCUT2D eigenvalue weighted by Gasteiger charge is 2.32. The number of hydrogen-bond acceptors (Lipinski definition) is 2. The zero-order chi connectivity index (χ0) is 17.1. The number of allylic oxidation sites excluding steroid dienone is 1.